The minimum Gasteiger partial charge on any atom is -0.480 e. The Morgan fingerprint density at radius 2 is 1.35 bits per heavy atom. The van der Waals surface area contributed by atoms with Gasteiger partial charge in [-0.25, -0.2) is 0 Å². The van der Waals surface area contributed by atoms with Gasteiger partial charge in [0, 0.05) is 85.6 Å². The molecule has 0 radical (unpaired) electrons. The number of benzene rings is 2. The number of carbonyl (C=O) groups is 2. The molecule has 6 rings (SSSR count). The molecule has 0 saturated carbocycles. The fraction of sp³-hybridized carbons (Fsp3) is 0.167. The number of aliphatic carboxylic acids is 2. The van der Waals surface area contributed by atoms with E-state index < -0.39 is 21.4 Å². The third-order valence-corrected chi connectivity index (χ3v) is 10.2. The summed E-state index contributed by atoms with van der Waals surface area (Å²) in [5, 5.41) is 22.5. The summed E-state index contributed by atoms with van der Waals surface area (Å²) in [5.74, 6) is -1.81. The Hall–Kier alpha value is -4.80. The number of fused-ring (bicyclic) bond motifs is 2. The van der Waals surface area contributed by atoms with E-state index in [1.165, 1.54) is 23.5 Å². The summed E-state index contributed by atoms with van der Waals surface area (Å²) in [4.78, 5) is 43.8. The van der Waals surface area contributed by atoms with Crippen LogP contribution in [0.5, 0.6) is 0 Å². The molecule has 6 aromatic rings. The highest BCUT2D eigenvalue weighted by atomic mass is 32.2. The van der Waals surface area contributed by atoms with Gasteiger partial charge in [-0.15, -0.1) is 23.5 Å². The predicted molar refractivity (Wildman–Crippen MR) is 184 cm³/mol. The molecule has 46 heavy (non-hydrogen) atoms. The van der Waals surface area contributed by atoms with Gasteiger partial charge < -0.3 is 10.2 Å². The number of aromatic nitrogens is 4. The van der Waals surface area contributed by atoms with Crippen LogP contribution in [0.4, 0.5) is 0 Å². The number of nitrogens with zero attached hydrogens (tertiary/aromatic N) is 4. The number of rotatable bonds is 9. The predicted octanol–water partition coefficient (Wildman–Crippen LogP) is 8.48. The van der Waals surface area contributed by atoms with Crippen molar-refractivity contribution >= 4 is 57.1 Å². The molecule has 0 aliphatic carbocycles. The van der Waals surface area contributed by atoms with Crippen LogP contribution in [0.15, 0.2) is 108 Å². The van der Waals surface area contributed by atoms with Crippen molar-refractivity contribution in [2.45, 2.75) is 47.0 Å². The van der Waals surface area contributed by atoms with E-state index in [0.29, 0.717) is 5.69 Å². The molecular weight excluding hydrogens is 617 g/mol. The third kappa shape index (κ3) is 6.18. The summed E-state index contributed by atoms with van der Waals surface area (Å²) in [5.41, 5.74) is 5.62. The van der Waals surface area contributed by atoms with Crippen molar-refractivity contribution in [2.24, 2.45) is 0 Å². The highest BCUT2D eigenvalue weighted by Gasteiger charge is 2.31. The van der Waals surface area contributed by atoms with E-state index in [2.05, 4.69) is 9.97 Å². The first-order valence-electron chi connectivity index (χ1n) is 14.5. The lowest BCUT2D eigenvalue weighted by Crippen LogP contribution is -2.27. The summed E-state index contributed by atoms with van der Waals surface area (Å²) in [7, 11) is 0. The van der Waals surface area contributed by atoms with Gasteiger partial charge in [-0.3, -0.25) is 29.5 Å². The highest BCUT2D eigenvalue weighted by molar-refractivity contribution is 8.01. The number of pyridine rings is 4. The van der Waals surface area contributed by atoms with E-state index >= 15 is 0 Å². The molecule has 0 atom stereocenters. The molecule has 0 spiro atoms. The van der Waals surface area contributed by atoms with Crippen molar-refractivity contribution in [1.82, 2.24) is 19.9 Å². The van der Waals surface area contributed by atoms with E-state index in [4.69, 9.17) is 9.97 Å². The van der Waals surface area contributed by atoms with Gasteiger partial charge in [-0.1, -0.05) is 36.4 Å². The van der Waals surface area contributed by atoms with E-state index in [9.17, 15) is 19.8 Å². The Bertz CT molecular complexity index is 2140. The third-order valence-electron chi connectivity index (χ3n) is 7.66. The van der Waals surface area contributed by atoms with Crippen LogP contribution in [0.1, 0.15) is 27.7 Å². The smallest absolute Gasteiger partial charge is 0.319 e. The Labute approximate surface area is 274 Å². The molecule has 0 bridgehead atoms. The molecule has 0 fully saturated rings. The van der Waals surface area contributed by atoms with Crippen LogP contribution in [0, 0.1) is 0 Å². The van der Waals surface area contributed by atoms with Gasteiger partial charge >= 0.3 is 11.9 Å². The summed E-state index contributed by atoms with van der Waals surface area (Å²) in [6.45, 7) is 6.74. The van der Waals surface area contributed by atoms with Crippen molar-refractivity contribution in [1.29, 1.82) is 0 Å². The van der Waals surface area contributed by atoms with Gasteiger partial charge in [0.05, 0.1) is 11.2 Å². The second kappa shape index (κ2) is 12.2. The average molecular weight is 647 g/mol. The van der Waals surface area contributed by atoms with Gasteiger partial charge in [0.2, 0.25) is 0 Å². The van der Waals surface area contributed by atoms with Gasteiger partial charge in [0.15, 0.2) is 0 Å². The van der Waals surface area contributed by atoms with Crippen molar-refractivity contribution in [2.75, 3.05) is 0 Å². The molecule has 0 saturated heterocycles. The first-order chi connectivity index (χ1) is 21.9. The lowest BCUT2D eigenvalue weighted by atomic mass is 10.0. The minimum atomic E-state index is -1.09. The SMILES string of the molecule is CC(C)(Sc1ccncc1-c1cnc2cc(-c3cc(SC(C)(C)C(=O)O)c(-c4cncc5ccccc45)cn3)ccc2c1)C(=O)O. The maximum atomic E-state index is 12.1. The van der Waals surface area contributed by atoms with Crippen LogP contribution >= 0.6 is 23.5 Å². The largest absolute Gasteiger partial charge is 0.480 e. The number of hydrogen-bond acceptors (Lipinski definition) is 8. The normalized spacial score (nSPS) is 12.0. The first-order valence-corrected chi connectivity index (χ1v) is 16.1. The number of carboxylic acid groups (broad SMARTS) is 2. The van der Waals surface area contributed by atoms with Gasteiger partial charge in [0.25, 0.3) is 0 Å². The van der Waals surface area contributed by atoms with E-state index in [0.717, 1.165) is 59.3 Å². The molecular formula is C36H30N4O4S2. The zero-order valence-corrected chi connectivity index (χ0v) is 27.2. The molecule has 0 amide bonds. The lowest BCUT2D eigenvalue weighted by Gasteiger charge is -2.21. The van der Waals surface area contributed by atoms with Gasteiger partial charge in [-0.2, -0.15) is 0 Å². The maximum Gasteiger partial charge on any atom is 0.319 e. The fourth-order valence-corrected chi connectivity index (χ4v) is 7.09. The Morgan fingerprint density at radius 3 is 2.11 bits per heavy atom. The standard InChI is InChI=1S/C36H30N4O4S2/c1-35(2,33(41)42)45-31-11-12-37-18-26(31)24-13-21-9-10-22(14-29(21)39-17-24)30-15-32(46-36(3,4)34(43)44)28(20-40-30)27-19-38-16-23-7-5-6-8-25(23)27/h5-20H,1-4H3,(H,41,42)(H,43,44). The Kier molecular flexibility index (Phi) is 8.26. The topological polar surface area (TPSA) is 126 Å². The minimum absolute atomic E-state index is 0.690. The van der Waals surface area contributed by atoms with Crippen LogP contribution in [-0.4, -0.2) is 51.6 Å². The van der Waals surface area contributed by atoms with Crippen LogP contribution in [-0.2, 0) is 9.59 Å². The van der Waals surface area contributed by atoms with Crippen LogP contribution in [0.25, 0.3) is 55.2 Å². The molecule has 10 heteroatoms. The van der Waals surface area contributed by atoms with Crippen LogP contribution < -0.4 is 0 Å². The quantitative estimate of drug-likeness (QED) is 0.148. The number of carboxylic acids is 2. The molecule has 2 aromatic carbocycles. The maximum absolute atomic E-state index is 12.1. The Balaban J connectivity index is 1.40. The lowest BCUT2D eigenvalue weighted by molar-refractivity contribution is -0.139. The molecule has 8 nitrogen and oxygen atoms in total. The zero-order chi connectivity index (χ0) is 32.6. The fourth-order valence-electron chi connectivity index (χ4n) is 4.97. The Morgan fingerprint density at radius 1 is 0.630 bits per heavy atom. The molecule has 0 unspecified atom stereocenters. The van der Waals surface area contributed by atoms with Crippen molar-refractivity contribution in [3.8, 4) is 33.5 Å². The number of thioether (sulfide) groups is 2. The van der Waals surface area contributed by atoms with Crippen molar-refractivity contribution < 1.29 is 19.8 Å². The van der Waals surface area contributed by atoms with Crippen LogP contribution in [0.2, 0.25) is 0 Å². The second-order valence-electron chi connectivity index (χ2n) is 11.8. The van der Waals surface area contributed by atoms with Crippen LogP contribution in [0.3, 0.4) is 0 Å². The van der Waals surface area contributed by atoms with Gasteiger partial charge in [-0.05, 0) is 57.3 Å². The van der Waals surface area contributed by atoms with E-state index in [1.54, 1.807) is 58.7 Å². The molecule has 4 aromatic heterocycles. The second-order valence-corrected chi connectivity index (χ2v) is 15.1. The van der Waals surface area contributed by atoms with E-state index in [-0.39, 0.29) is 0 Å². The zero-order valence-electron chi connectivity index (χ0n) is 25.6. The molecule has 230 valence electrons. The summed E-state index contributed by atoms with van der Waals surface area (Å²) < 4.78 is -2.10. The summed E-state index contributed by atoms with van der Waals surface area (Å²) in [6, 6.07) is 19.6. The monoisotopic (exact) mass is 646 g/mol. The number of hydrogen-bond donors (Lipinski definition) is 2. The van der Waals surface area contributed by atoms with Gasteiger partial charge in [0.1, 0.15) is 9.49 Å². The summed E-state index contributed by atoms with van der Waals surface area (Å²) >= 11 is 2.54. The highest BCUT2D eigenvalue weighted by Crippen LogP contribution is 2.43. The molecule has 0 aliphatic heterocycles. The first kappa shape index (κ1) is 31.2. The van der Waals surface area contributed by atoms with Crippen molar-refractivity contribution in [3.63, 3.8) is 0 Å². The van der Waals surface area contributed by atoms with E-state index in [1.807, 2.05) is 66.9 Å². The molecule has 2 N–H and O–H groups in total. The summed E-state index contributed by atoms with van der Waals surface area (Å²) in [6.07, 6.45) is 10.5. The average Bonchev–Trinajstić information content (AvgIpc) is 3.04. The molecule has 0 aliphatic rings. The van der Waals surface area contributed by atoms with Crippen molar-refractivity contribution in [3.05, 3.63) is 97.8 Å². The molecule has 4 heterocycles.